The topological polar surface area (TPSA) is 46.2 Å². The highest BCUT2D eigenvalue weighted by Gasteiger charge is 2.56. The lowest BCUT2D eigenvalue weighted by Crippen LogP contribution is -2.61. The Morgan fingerprint density at radius 3 is 2.54 bits per heavy atom. The van der Waals surface area contributed by atoms with Crippen molar-refractivity contribution < 1.29 is 9.59 Å². The number of rotatable bonds is 4. The van der Waals surface area contributed by atoms with E-state index in [1.165, 1.54) is 48.1 Å². The smallest absolute Gasteiger partial charge is 0.253 e. The second kappa shape index (κ2) is 9.59. The molecule has 5 atom stereocenters. The Morgan fingerprint density at radius 1 is 1.03 bits per heavy atom. The second-order valence-corrected chi connectivity index (χ2v) is 12.4. The molecular formula is C33H41N2O2+. The minimum absolute atomic E-state index is 0.229. The fraction of sp³-hybridized carbons (Fsp3) is 0.576. The van der Waals surface area contributed by atoms with Gasteiger partial charge in [0.2, 0.25) is 0 Å². The SMILES string of the molecule is CC#C[C@@H]1CC[C@H]2[C@@H]3CCC4=CC(=O)CCC4=C3C(c3ccc([N+]4(NC=O)CCCCC4)cc3)C[C@]12C. The maximum absolute atomic E-state index is 12.3. The fourth-order valence-corrected chi connectivity index (χ4v) is 8.98. The van der Waals surface area contributed by atoms with Crippen molar-refractivity contribution in [2.45, 2.75) is 84.0 Å². The Balaban J connectivity index is 1.43. The van der Waals surface area contributed by atoms with Crippen LogP contribution in [0.3, 0.4) is 0 Å². The highest BCUT2D eigenvalue weighted by atomic mass is 16.1. The summed E-state index contributed by atoms with van der Waals surface area (Å²) in [6.45, 7) is 6.43. The van der Waals surface area contributed by atoms with E-state index in [1.807, 2.05) is 13.0 Å². The number of nitrogens with zero attached hydrogens (tertiary/aromatic N) is 1. The van der Waals surface area contributed by atoms with Gasteiger partial charge in [0.05, 0.1) is 0 Å². The second-order valence-electron chi connectivity index (χ2n) is 12.4. The lowest BCUT2D eigenvalue weighted by Gasteiger charge is -2.52. The van der Waals surface area contributed by atoms with Gasteiger partial charge in [-0.25, -0.2) is 0 Å². The largest absolute Gasteiger partial charge is 0.295 e. The zero-order chi connectivity index (χ0) is 25.6. The number of fused-ring (bicyclic) bond motifs is 4. The Labute approximate surface area is 222 Å². The van der Waals surface area contributed by atoms with Crippen LogP contribution >= 0.6 is 0 Å². The number of allylic oxidation sites excluding steroid dienone is 4. The molecule has 1 amide bonds. The van der Waals surface area contributed by atoms with E-state index in [-0.39, 0.29) is 5.41 Å². The number of carbonyl (C=O) groups is 2. The van der Waals surface area contributed by atoms with E-state index < -0.39 is 0 Å². The summed E-state index contributed by atoms with van der Waals surface area (Å²) in [7, 11) is 0. The van der Waals surface area contributed by atoms with E-state index in [4.69, 9.17) is 0 Å². The van der Waals surface area contributed by atoms with E-state index in [0.29, 0.717) is 40.5 Å². The molecule has 37 heavy (non-hydrogen) atoms. The summed E-state index contributed by atoms with van der Waals surface area (Å²) in [6, 6.07) is 9.23. The molecule has 3 fully saturated rings. The number of quaternary nitrogens is 1. The van der Waals surface area contributed by atoms with Crippen LogP contribution in [0.1, 0.15) is 89.5 Å². The van der Waals surface area contributed by atoms with Gasteiger partial charge in [0.25, 0.3) is 6.41 Å². The molecule has 0 aromatic heterocycles. The maximum Gasteiger partial charge on any atom is 0.253 e. The first-order valence-corrected chi connectivity index (χ1v) is 14.6. The highest BCUT2D eigenvalue weighted by molar-refractivity contribution is 5.93. The van der Waals surface area contributed by atoms with Gasteiger partial charge in [0.15, 0.2) is 11.5 Å². The Morgan fingerprint density at radius 2 is 1.81 bits per heavy atom. The van der Waals surface area contributed by atoms with Crippen molar-refractivity contribution in [2.24, 2.45) is 23.2 Å². The van der Waals surface area contributed by atoms with Crippen LogP contribution in [0.25, 0.3) is 0 Å². The first-order chi connectivity index (χ1) is 18.0. The van der Waals surface area contributed by atoms with Crippen molar-refractivity contribution in [1.29, 1.82) is 0 Å². The van der Waals surface area contributed by atoms with Crippen molar-refractivity contribution in [2.75, 3.05) is 13.1 Å². The van der Waals surface area contributed by atoms with Crippen molar-refractivity contribution in [3.8, 4) is 11.8 Å². The summed E-state index contributed by atoms with van der Waals surface area (Å²) in [5, 5.41) is 0. The molecule has 1 aromatic carbocycles. The molecule has 1 saturated heterocycles. The molecule has 1 N–H and O–H groups in total. The molecule has 0 radical (unpaired) electrons. The molecule has 1 unspecified atom stereocenters. The average molecular weight is 498 g/mol. The van der Waals surface area contributed by atoms with Gasteiger partial charge in [-0.3, -0.25) is 9.59 Å². The predicted molar refractivity (Wildman–Crippen MR) is 148 cm³/mol. The third-order valence-electron chi connectivity index (χ3n) is 10.7. The number of nitrogens with one attached hydrogen (secondary N) is 1. The molecule has 2 saturated carbocycles. The highest BCUT2D eigenvalue weighted by Crippen LogP contribution is 2.65. The normalized spacial score (nSPS) is 34.3. The summed E-state index contributed by atoms with van der Waals surface area (Å²) < 4.78 is 0.563. The van der Waals surface area contributed by atoms with E-state index in [2.05, 4.69) is 48.5 Å². The minimum Gasteiger partial charge on any atom is -0.295 e. The zero-order valence-electron chi connectivity index (χ0n) is 22.5. The van der Waals surface area contributed by atoms with E-state index in [1.54, 1.807) is 5.57 Å². The lowest BCUT2D eigenvalue weighted by atomic mass is 9.52. The summed E-state index contributed by atoms with van der Waals surface area (Å²) in [5.74, 6) is 9.32. The Hall–Kier alpha value is -2.64. The van der Waals surface area contributed by atoms with Crippen LogP contribution in [-0.2, 0) is 9.59 Å². The monoisotopic (exact) mass is 497 g/mol. The number of carbonyl (C=O) groups excluding carboxylic acids is 2. The van der Waals surface area contributed by atoms with E-state index in [0.717, 1.165) is 51.6 Å². The molecule has 4 heteroatoms. The number of ketones is 1. The molecular weight excluding hydrogens is 456 g/mol. The van der Waals surface area contributed by atoms with Gasteiger partial charge < -0.3 is 0 Å². The number of hydrogen-bond acceptors (Lipinski definition) is 2. The zero-order valence-corrected chi connectivity index (χ0v) is 22.5. The molecule has 1 aromatic rings. The first-order valence-electron chi connectivity index (χ1n) is 14.6. The van der Waals surface area contributed by atoms with Gasteiger partial charge in [-0.05, 0) is 105 Å². The molecule has 0 spiro atoms. The number of benzene rings is 1. The third kappa shape index (κ3) is 4.02. The van der Waals surface area contributed by atoms with Gasteiger partial charge in [0, 0.05) is 30.4 Å². The fourth-order valence-electron chi connectivity index (χ4n) is 8.98. The predicted octanol–water partition coefficient (Wildman–Crippen LogP) is 6.38. The molecule has 1 aliphatic heterocycles. The minimum atomic E-state index is 0.229. The molecule has 0 bridgehead atoms. The molecule has 5 aliphatic rings. The van der Waals surface area contributed by atoms with Crippen molar-refractivity contribution in [3.05, 3.63) is 52.6 Å². The van der Waals surface area contributed by atoms with Crippen LogP contribution in [0.5, 0.6) is 0 Å². The van der Waals surface area contributed by atoms with Crippen LogP contribution < -0.4 is 10.0 Å². The van der Waals surface area contributed by atoms with Crippen molar-refractivity contribution in [1.82, 2.24) is 10.0 Å². The van der Waals surface area contributed by atoms with E-state index in [9.17, 15) is 9.59 Å². The Kier molecular flexibility index (Phi) is 6.40. The summed E-state index contributed by atoms with van der Waals surface area (Å²) in [6.07, 6.45) is 13.8. The molecule has 4 nitrogen and oxygen atoms in total. The maximum atomic E-state index is 12.3. The lowest BCUT2D eigenvalue weighted by molar-refractivity contribution is -0.115. The number of amides is 1. The van der Waals surface area contributed by atoms with Crippen LogP contribution in [0.15, 0.2) is 47.1 Å². The van der Waals surface area contributed by atoms with Crippen LogP contribution in [0, 0.1) is 35.0 Å². The van der Waals surface area contributed by atoms with Gasteiger partial charge in [0.1, 0.15) is 13.1 Å². The van der Waals surface area contributed by atoms with Gasteiger partial charge in [-0.1, -0.05) is 30.6 Å². The van der Waals surface area contributed by atoms with Crippen LogP contribution in [0.2, 0.25) is 0 Å². The Bertz CT molecular complexity index is 1210. The van der Waals surface area contributed by atoms with Gasteiger partial charge in [-0.2, -0.15) is 10.0 Å². The van der Waals surface area contributed by atoms with Crippen LogP contribution in [0.4, 0.5) is 5.69 Å². The first kappa shape index (κ1) is 24.7. The van der Waals surface area contributed by atoms with Crippen molar-refractivity contribution >= 4 is 17.9 Å². The van der Waals surface area contributed by atoms with Crippen LogP contribution in [-0.4, -0.2) is 25.3 Å². The quantitative estimate of drug-likeness (QED) is 0.298. The summed E-state index contributed by atoms with van der Waals surface area (Å²) in [4.78, 5) is 23.8. The molecule has 4 aliphatic carbocycles. The summed E-state index contributed by atoms with van der Waals surface area (Å²) in [5.41, 5.74) is 10.4. The van der Waals surface area contributed by atoms with Gasteiger partial charge in [-0.15, -0.1) is 5.92 Å². The standard InChI is InChI=1S/C33H40N2O2/c1-3-7-25-11-17-31-29-15-10-24-20-27(37)14-16-28(24)32(29)30(21-33(25,31)2)23-8-12-26(13-9-23)35(34-22-36)18-5-4-6-19-35/h8-9,12-13,20,22,25,29-31H,4-6,10-11,14-19,21H2,1-2H3/p+1/t25-,29+,30?,31+,33-/m1/s1. The molecule has 6 rings (SSSR count). The third-order valence-corrected chi connectivity index (χ3v) is 10.7. The van der Waals surface area contributed by atoms with Gasteiger partial charge >= 0.3 is 0 Å². The number of piperidine rings is 1. The van der Waals surface area contributed by atoms with E-state index >= 15 is 0 Å². The molecule has 194 valence electrons. The van der Waals surface area contributed by atoms with Crippen molar-refractivity contribution in [3.63, 3.8) is 0 Å². The summed E-state index contributed by atoms with van der Waals surface area (Å²) >= 11 is 0. The molecule has 1 heterocycles. The number of hydrogen-bond donors (Lipinski definition) is 1. The average Bonchev–Trinajstić information content (AvgIpc) is 3.24.